The number of hydrogen-bond acceptors (Lipinski definition) is 2. The molecule has 0 spiro atoms. The molecule has 0 saturated carbocycles. The van der Waals surface area contributed by atoms with Crippen LogP contribution in [-0.2, 0) is 13.0 Å². The third-order valence-electron chi connectivity index (χ3n) is 4.78. The zero-order valence-corrected chi connectivity index (χ0v) is 16.5. The van der Waals surface area contributed by atoms with Crippen LogP contribution < -0.4 is 4.74 Å². The van der Waals surface area contributed by atoms with Crippen LogP contribution >= 0.6 is 0 Å². The van der Waals surface area contributed by atoms with Crippen molar-refractivity contribution in [2.45, 2.75) is 59.4 Å². The molecule has 1 aromatic heterocycles. The highest BCUT2D eigenvalue weighted by Crippen LogP contribution is 2.27. The van der Waals surface area contributed by atoms with Gasteiger partial charge in [0.1, 0.15) is 11.6 Å². The minimum absolute atomic E-state index is 0.472. The largest absolute Gasteiger partial charge is 0.493 e. The first-order valence-electron chi connectivity index (χ1n) is 9.77. The Bertz CT molecular complexity index is 864. The highest BCUT2D eigenvalue weighted by Gasteiger charge is 2.11. The van der Waals surface area contributed by atoms with E-state index in [1.54, 1.807) is 0 Å². The van der Waals surface area contributed by atoms with Gasteiger partial charge in [-0.15, -0.1) is 0 Å². The number of aromatic nitrogens is 2. The fourth-order valence-corrected chi connectivity index (χ4v) is 3.44. The lowest BCUT2D eigenvalue weighted by molar-refractivity contribution is 0.297. The maximum Gasteiger partial charge on any atom is 0.123 e. The van der Waals surface area contributed by atoms with Crippen molar-refractivity contribution in [3.63, 3.8) is 0 Å². The Balaban J connectivity index is 1.68. The molecule has 0 aliphatic rings. The summed E-state index contributed by atoms with van der Waals surface area (Å²) >= 11 is 0. The van der Waals surface area contributed by atoms with E-state index in [0.717, 1.165) is 43.7 Å². The molecule has 3 heteroatoms. The molecule has 0 aliphatic carbocycles. The first kappa shape index (κ1) is 18.5. The smallest absolute Gasteiger partial charge is 0.123 e. The second-order valence-electron chi connectivity index (χ2n) is 7.32. The zero-order chi connectivity index (χ0) is 18.5. The maximum atomic E-state index is 6.16. The number of fused-ring (bicyclic) bond motifs is 1. The molecular formula is C23H30N2O. The third kappa shape index (κ3) is 4.09. The van der Waals surface area contributed by atoms with Crippen molar-refractivity contribution in [3.8, 4) is 5.75 Å². The predicted octanol–water partition coefficient (Wildman–Crippen LogP) is 5.89. The maximum absolute atomic E-state index is 6.16. The van der Waals surface area contributed by atoms with E-state index in [4.69, 9.17) is 9.72 Å². The highest BCUT2D eigenvalue weighted by molar-refractivity contribution is 5.75. The Kier molecular flexibility index (Phi) is 5.97. The molecule has 138 valence electrons. The Morgan fingerprint density at radius 3 is 2.69 bits per heavy atom. The second-order valence-corrected chi connectivity index (χ2v) is 7.32. The summed E-state index contributed by atoms with van der Waals surface area (Å²) in [7, 11) is 0. The van der Waals surface area contributed by atoms with Gasteiger partial charge in [0, 0.05) is 13.0 Å². The quantitative estimate of drug-likeness (QED) is 0.474. The number of imidazole rings is 1. The molecular weight excluding hydrogens is 320 g/mol. The lowest BCUT2D eigenvalue weighted by Gasteiger charge is -2.15. The van der Waals surface area contributed by atoms with Crippen LogP contribution in [0.15, 0.2) is 42.5 Å². The standard InChI is InChI=1S/C23H30N2O/c1-5-9-23-24-20-10-6-7-11-21(20)25(23)14-8-15-26-22-16-18(4)12-13-19(22)17(2)3/h6-7,10-13,16-17H,5,8-9,14-15H2,1-4H3. The van der Waals surface area contributed by atoms with Crippen molar-refractivity contribution in [2.24, 2.45) is 0 Å². The molecule has 0 atom stereocenters. The van der Waals surface area contributed by atoms with Gasteiger partial charge in [-0.3, -0.25) is 0 Å². The average Bonchev–Trinajstić information content (AvgIpc) is 2.96. The lowest BCUT2D eigenvalue weighted by Crippen LogP contribution is -2.09. The van der Waals surface area contributed by atoms with E-state index in [-0.39, 0.29) is 0 Å². The first-order chi connectivity index (χ1) is 12.6. The normalized spacial score (nSPS) is 11.4. The highest BCUT2D eigenvalue weighted by atomic mass is 16.5. The van der Waals surface area contributed by atoms with Gasteiger partial charge in [0.2, 0.25) is 0 Å². The number of hydrogen-bond donors (Lipinski definition) is 0. The summed E-state index contributed by atoms with van der Waals surface area (Å²) in [5.74, 6) is 2.69. The molecule has 0 unspecified atom stereocenters. The van der Waals surface area contributed by atoms with Crippen molar-refractivity contribution in [1.29, 1.82) is 0 Å². The predicted molar refractivity (Wildman–Crippen MR) is 109 cm³/mol. The molecule has 3 nitrogen and oxygen atoms in total. The van der Waals surface area contributed by atoms with Gasteiger partial charge < -0.3 is 9.30 Å². The van der Waals surface area contributed by atoms with Crippen molar-refractivity contribution < 1.29 is 4.74 Å². The molecule has 3 rings (SSSR count). The van der Waals surface area contributed by atoms with Crippen molar-refractivity contribution >= 4 is 11.0 Å². The number of para-hydroxylation sites is 2. The molecule has 2 aromatic carbocycles. The van der Waals surface area contributed by atoms with Crippen LogP contribution in [0.3, 0.4) is 0 Å². The number of benzene rings is 2. The van der Waals surface area contributed by atoms with E-state index in [2.05, 4.69) is 74.7 Å². The van der Waals surface area contributed by atoms with Gasteiger partial charge in [0.05, 0.1) is 17.6 Å². The molecule has 26 heavy (non-hydrogen) atoms. The van der Waals surface area contributed by atoms with Crippen LogP contribution in [-0.4, -0.2) is 16.2 Å². The van der Waals surface area contributed by atoms with E-state index in [1.807, 2.05) is 0 Å². The summed E-state index contributed by atoms with van der Waals surface area (Å²) in [6.45, 7) is 10.4. The molecule has 0 bridgehead atoms. The number of aryl methyl sites for hydroxylation is 3. The van der Waals surface area contributed by atoms with E-state index >= 15 is 0 Å². The third-order valence-corrected chi connectivity index (χ3v) is 4.78. The van der Waals surface area contributed by atoms with Crippen molar-refractivity contribution in [1.82, 2.24) is 9.55 Å². The molecule has 0 amide bonds. The van der Waals surface area contributed by atoms with Gasteiger partial charge in [-0.1, -0.05) is 45.0 Å². The Morgan fingerprint density at radius 1 is 1.12 bits per heavy atom. The molecule has 0 fully saturated rings. The van der Waals surface area contributed by atoms with Gasteiger partial charge in [0.15, 0.2) is 0 Å². The summed E-state index contributed by atoms with van der Waals surface area (Å²) in [4.78, 5) is 4.81. The Hall–Kier alpha value is -2.29. The summed E-state index contributed by atoms with van der Waals surface area (Å²) in [6.07, 6.45) is 3.11. The van der Waals surface area contributed by atoms with E-state index in [1.165, 1.54) is 22.5 Å². The second kappa shape index (κ2) is 8.39. The van der Waals surface area contributed by atoms with Crippen LogP contribution in [0.1, 0.15) is 56.5 Å². The van der Waals surface area contributed by atoms with E-state index < -0.39 is 0 Å². The zero-order valence-electron chi connectivity index (χ0n) is 16.5. The lowest BCUT2D eigenvalue weighted by atomic mass is 10.0. The molecule has 3 aromatic rings. The number of ether oxygens (including phenoxy) is 1. The van der Waals surface area contributed by atoms with Gasteiger partial charge >= 0.3 is 0 Å². The van der Waals surface area contributed by atoms with E-state index in [0.29, 0.717) is 5.92 Å². The Morgan fingerprint density at radius 2 is 1.92 bits per heavy atom. The monoisotopic (exact) mass is 350 g/mol. The van der Waals surface area contributed by atoms with Crippen molar-refractivity contribution in [2.75, 3.05) is 6.61 Å². The number of rotatable bonds is 8. The molecule has 0 saturated heterocycles. The van der Waals surface area contributed by atoms with Gasteiger partial charge in [-0.05, 0) is 55.0 Å². The fourth-order valence-electron chi connectivity index (χ4n) is 3.44. The van der Waals surface area contributed by atoms with Gasteiger partial charge in [-0.25, -0.2) is 4.98 Å². The molecule has 0 N–H and O–H groups in total. The minimum Gasteiger partial charge on any atom is -0.493 e. The van der Waals surface area contributed by atoms with Crippen molar-refractivity contribution in [3.05, 3.63) is 59.4 Å². The summed E-state index contributed by atoms with van der Waals surface area (Å²) in [5, 5.41) is 0. The fraction of sp³-hybridized carbons (Fsp3) is 0.435. The van der Waals surface area contributed by atoms with Gasteiger partial charge in [0.25, 0.3) is 0 Å². The SMILES string of the molecule is CCCc1nc2ccccc2n1CCCOc1cc(C)ccc1C(C)C. The van der Waals surface area contributed by atoms with E-state index in [9.17, 15) is 0 Å². The topological polar surface area (TPSA) is 27.1 Å². The number of nitrogens with zero attached hydrogens (tertiary/aromatic N) is 2. The molecule has 0 aliphatic heterocycles. The van der Waals surface area contributed by atoms with Crippen LogP contribution in [0.5, 0.6) is 5.75 Å². The Labute approximate surface area is 157 Å². The first-order valence-corrected chi connectivity index (χ1v) is 9.77. The van der Waals surface area contributed by atoms with Gasteiger partial charge in [-0.2, -0.15) is 0 Å². The molecule has 0 radical (unpaired) electrons. The molecule has 1 heterocycles. The summed E-state index contributed by atoms with van der Waals surface area (Å²) in [5.41, 5.74) is 4.86. The minimum atomic E-state index is 0.472. The summed E-state index contributed by atoms with van der Waals surface area (Å²) in [6, 6.07) is 14.9. The average molecular weight is 351 g/mol. The van der Waals surface area contributed by atoms with Crippen LogP contribution in [0.2, 0.25) is 0 Å². The summed E-state index contributed by atoms with van der Waals surface area (Å²) < 4.78 is 8.52. The van der Waals surface area contributed by atoms with Crippen LogP contribution in [0, 0.1) is 6.92 Å². The van der Waals surface area contributed by atoms with Crippen LogP contribution in [0.4, 0.5) is 0 Å². The van der Waals surface area contributed by atoms with Crippen LogP contribution in [0.25, 0.3) is 11.0 Å².